The molecule has 0 fully saturated rings. The van der Waals surface area contributed by atoms with E-state index in [2.05, 4.69) is 27.0 Å². The lowest BCUT2D eigenvalue weighted by atomic mass is 10.3. The Balaban J connectivity index is 1.92. The van der Waals surface area contributed by atoms with Gasteiger partial charge in [-0.2, -0.15) is 0 Å². The number of hydrogen-bond donors (Lipinski definition) is 1. The van der Waals surface area contributed by atoms with Crippen molar-refractivity contribution in [3.63, 3.8) is 0 Å². The highest BCUT2D eigenvalue weighted by Crippen LogP contribution is 2.11. The molecule has 1 N–H and O–H groups in total. The average molecular weight is 260 g/mol. The van der Waals surface area contributed by atoms with Gasteiger partial charge in [0.25, 0.3) is 0 Å². The fourth-order valence-electron chi connectivity index (χ4n) is 1.92. The number of anilines is 1. The maximum Gasteiger partial charge on any atom is 0.224 e. The average Bonchev–Trinajstić information content (AvgIpc) is 2.83. The highest BCUT2D eigenvalue weighted by molar-refractivity contribution is 5.25. The summed E-state index contributed by atoms with van der Waals surface area (Å²) in [7, 11) is 0. The molecule has 2 rings (SSSR count). The Morgan fingerprint density at radius 2 is 1.95 bits per heavy atom. The van der Waals surface area contributed by atoms with Gasteiger partial charge in [0, 0.05) is 19.5 Å². The van der Waals surface area contributed by atoms with Gasteiger partial charge in [0.1, 0.15) is 11.6 Å². The largest absolute Gasteiger partial charge is 0.493 e. The first kappa shape index (κ1) is 13.4. The van der Waals surface area contributed by atoms with E-state index in [0.717, 1.165) is 37.0 Å². The summed E-state index contributed by atoms with van der Waals surface area (Å²) in [6, 6.07) is 9.81. The predicted octanol–water partition coefficient (Wildman–Crippen LogP) is 2.35. The smallest absolute Gasteiger partial charge is 0.224 e. The van der Waals surface area contributed by atoms with Gasteiger partial charge in [-0.15, -0.1) is 10.2 Å². The van der Waals surface area contributed by atoms with Crippen LogP contribution in [-0.2, 0) is 13.0 Å². The van der Waals surface area contributed by atoms with Gasteiger partial charge in [0.05, 0.1) is 6.61 Å². The lowest BCUT2D eigenvalue weighted by molar-refractivity contribution is 0.317. The number of nitrogens with zero attached hydrogens (tertiary/aromatic N) is 3. The molecular formula is C14H20N4O. The predicted molar refractivity (Wildman–Crippen MR) is 75.5 cm³/mol. The number of para-hydroxylation sites is 1. The summed E-state index contributed by atoms with van der Waals surface area (Å²) in [5, 5.41) is 11.6. The number of benzene rings is 1. The van der Waals surface area contributed by atoms with Gasteiger partial charge >= 0.3 is 0 Å². The third kappa shape index (κ3) is 3.47. The fourth-order valence-corrected chi connectivity index (χ4v) is 1.92. The van der Waals surface area contributed by atoms with Crippen LogP contribution in [0.5, 0.6) is 5.75 Å². The summed E-state index contributed by atoms with van der Waals surface area (Å²) in [5.41, 5.74) is 0. The van der Waals surface area contributed by atoms with E-state index in [4.69, 9.17) is 4.74 Å². The summed E-state index contributed by atoms with van der Waals surface area (Å²) >= 11 is 0. The molecule has 1 heterocycles. The van der Waals surface area contributed by atoms with Crippen LogP contribution in [0.4, 0.5) is 5.95 Å². The summed E-state index contributed by atoms with van der Waals surface area (Å²) < 4.78 is 7.76. The van der Waals surface area contributed by atoms with Crippen LogP contribution in [0.15, 0.2) is 30.3 Å². The number of aromatic nitrogens is 3. The topological polar surface area (TPSA) is 52.0 Å². The number of rotatable bonds is 7. The maximum atomic E-state index is 5.68. The molecule has 5 nitrogen and oxygen atoms in total. The molecule has 1 aromatic carbocycles. The van der Waals surface area contributed by atoms with E-state index in [1.807, 2.05) is 37.3 Å². The summed E-state index contributed by atoms with van der Waals surface area (Å²) in [6.07, 6.45) is 0.751. The maximum absolute atomic E-state index is 5.68. The van der Waals surface area contributed by atoms with E-state index in [1.54, 1.807) is 0 Å². The highest BCUT2D eigenvalue weighted by atomic mass is 16.5. The van der Waals surface area contributed by atoms with Crippen molar-refractivity contribution < 1.29 is 4.74 Å². The highest BCUT2D eigenvalue weighted by Gasteiger charge is 2.09. The molecule has 0 aliphatic rings. The third-order valence-corrected chi connectivity index (χ3v) is 2.82. The second-order valence-corrected chi connectivity index (χ2v) is 4.13. The molecule has 0 saturated carbocycles. The van der Waals surface area contributed by atoms with Crippen molar-refractivity contribution in [2.45, 2.75) is 26.8 Å². The van der Waals surface area contributed by atoms with Crippen LogP contribution in [-0.4, -0.2) is 27.9 Å². The van der Waals surface area contributed by atoms with E-state index in [9.17, 15) is 0 Å². The molecule has 0 bridgehead atoms. The van der Waals surface area contributed by atoms with Gasteiger partial charge in [-0.25, -0.2) is 0 Å². The van der Waals surface area contributed by atoms with Crippen LogP contribution in [0.3, 0.4) is 0 Å². The van der Waals surface area contributed by atoms with Gasteiger partial charge in [0.15, 0.2) is 0 Å². The third-order valence-electron chi connectivity index (χ3n) is 2.82. The molecule has 102 valence electrons. The lowest BCUT2D eigenvalue weighted by Gasteiger charge is -2.08. The van der Waals surface area contributed by atoms with Crippen molar-refractivity contribution in [3.05, 3.63) is 36.2 Å². The summed E-state index contributed by atoms with van der Waals surface area (Å²) in [4.78, 5) is 0. The van der Waals surface area contributed by atoms with E-state index >= 15 is 0 Å². The van der Waals surface area contributed by atoms with Gasteiger partial charge in [0.2, 0.25) is 5.95 Å². The van der Waals surface area contributed by atoms with Crippen LogP contribution < -0.4 is 10.1 Å². The Morgan fingerprint density at radius 3 is 2.63 bits per heavy atom. The van der Waals surface area contributed by atoms with Crippen LogP contribution in [0, 0.1) is 0 Å². The Morgan fingerprint density at radius 1 is 1.16 bits per heavy atom. The first-order chi connectivity index (χ1) is 9.35. The van der Waals surface area contributed by atoms with Crippen LogP contribution in [0.25, 0.3) is 0 Å². The Kier molecular flexibility index (Phi) is 4.78. The number of hydrogen-bond acceptors (Lipinski definition) is 4. The van der Waals surface area contributed by atoms with E-state index < -0.39 is 0 Å². The Labute approximate surface area is 113 Å². The Bertz CT molecular complexity index is 495. The van der Waals surface area contributed by atoms with E-state index in [1.165, 1.54) is 0 Å². The standard InChI is InChI=1S/C14H20N4O/c1-3-15-14-17-16-13(18(14)4-2)10-11-19-12-8-6-5-7-9-12/h5-9H,3-4,10-11H2,1-2H3,(H,15,17). The molecule has 1 aromatic heterocycles. The van der Waals surface area contributed by atoms with Crippen LogP contribution >= 0.6 is 0 Å². The van der Waals surface area contributed by atoms with E-state index in [0.29, 0.717) is 6.61 Å². The molecular weight excluding hydrogens is 240 g/mol. The second-order valence-electron chi connectivity index (χ2n) is 4.13. The molecule has 2 aromatic rings. The molecule has 0 amide bonds. The molecule has 0 spiro atoms. The van der Waals surface area contributed by atoms with Crippen LogP contribution in [0.2, 0.25) is 0 Å². The number of ether oxygens (including phenoxy) is 1. The lowest BCUT2D eigenvalue weighted by Crippen LogP contribution is -2.11. The summed E-state index contributed by atoms with van der Waals surface area (Å²) in [5.74, 6) is 2.67. The zero-order valence-corrected chi connectivity index (χ0v) is 11.5. The van der Waals surface area contributed by atoms with Gasteiger partial charge < -0.3 is 10.1 Å². The first-order valence-electron chi connectivity index (χ1n) is 6.69. The van der Waals surface area contributed by atoms with Crippen molar-refractivity contribution in [1.29, 1.82) is 0 Å². The number of nitrogens with one attached hydrogen (secondary N) is 1. The van der Waals surface area contributed by atoms with Gasteiger partial charge in [-0.05, 0) is 26.0 Å². The normalized spacial score (nSPS) is 10.4. The summed E-state index contributed by atoms with van der Waals surface area (Å²) in [6.45, 7) is 6.45. The van der Waals surface area contributed by atoms with Crippen molar-refractivity contribution in [1.82, 2.24) is 14.8 Å². The Hall–Kier alpha value is -2.04. The SMILES string of the molecule is CCNc1nnc(CCOc2ccccc2)n1CC. The van der Waals surface area contributed by atoms with Crippen molar-refractivity contribution in [2.75, 3.05) is 18.5 Å². The molecule has 0 aliphatic heterocycles. The first-order valence-corrected chi connectivity index (χ1v) is 6.69. The van der Waals surface area contributed by atoms with Crippen molar-refractivity contribution in [2.24, 2.45) is 0 Å². The second kappa shape index (κ2) is 6.78. The quantitative estimate of drug-likeness (QED) is 0.830. The molecule has 0 radical (unpaired) electrons. The van der Waals surface area contributed by atoms with Crippen molar-refractivity contribution >= 4 is 5.95 Å². The van der Waals surface area contributed by atoms with E-state index in [-0.39, 0.29) is 0 Å². The molecule has 0 aliphatic carbocycles. The minimum atomic E-state index is 0.605. The zero-order chi connectivity index (χ0) is 13.5. The molecule has 19 heavy (non-hydrogen) atoms. The van der Waals surface area contributed by atoms with Crippen molar-refractivity contribution in [3.8, 4) is 5.75 Å². The minimum Gasteiger partial charge on any atom is -0.493 e. The monoisotopic (exact) mass is 260 g/mol. The minimum absolute atomic E-state index is 0.605. The molecule has 5 heteroatoms. The van der Waals surface area contributed by atoms with Crippen LogP contribution in [0.1, 0.15) is 19.7 Å². The fraction of sp³-hybridized carbons (Fsp3) is 0.429. The van der Waals surface area contributed by atoms with Gasteiger partial charge in [-0.1, -0.05) is 18.2 Å². The zero-order valence-electron chi connectivity index (χ0n) is 11.5. The molecule has 0 saturated heterocycles. The molecule has 0 atom stereocenters. The van der Waals surface area contributed by atoms with Gasteiger partial charge in [-0.3, -0.25) is 4.57 Å². The molecule has 0 unspecified atom stereocenters.